The summed E-state index contributed by atoms with van der Waals surface area (Å²) in [5.41, 5.74) is 1.74. The Morgan fingerprint density at radius 1 is 1.28 bits per heavy atom. The van der Waals surface area contributed by atoms with E-state index in [1.807, 2.05) is 48.7 Å². The van der Waals surface area contributed by atoms with E-state index < -0.39 is 0 Å². The summed E-state index contributed by atoms with van der Waals surface area (Å²) in [6.45, 7) is 2.45. The third-order valence-corrected chi connectivity index (χ3v) is 6.66. The predicted molar refractivity (Wildman–Crippen MR) is 120 cm³/mol. The Kier molecular flexibility index (Phi) is 5.80. The highest BCUT2D eigenvalue weighted by Crippen LogP contribution is 2.34. The number of nitrogens with one attached hydrogen (secondary N) is 1. The summed E-state index contributed by atoms with van der Waals surface area (Å²) >= 11 is 9.06. The van der Waals surface area contributed by atoms with Gasteiger partial charge in [0.1, 0.15) is 11.4 Å². The molecule has 3 heterocycles. The van der Waals surface area contributed by atoms with Gasteiger partial charge in [-0.15, -0.1) is 22.7 Å². The van der Waals surface area contributed by atoms with Gasteiger partial charge >= 0.3 is 0 Å². The molecule has 0 aliphatic carbocycles. The second kappa shape index (κ2) is 8.49. The van der Waals surface area contributed by atoms with Crippen LogP contribution in [-0.4, -0.2) is 22.0 Å². The first-order valence-corrected chi connectivity index (χ1v) is 11.1. The average molecular weight is 444 g/mol. The molecule has 0 unspecified atom stereocenters. The summed E-state index contributed by atoms with van der Waals surface area (Å²) in [5, 5.41) is 6.06. The minimum Gasteiger partial charge on any atom is -0.354 e. The Morgan fingerprint density at radius 3 is 2.90 bits per heavy atom. The van der Waals surface area contributed by atoms with Crippen LogP contribution < -0.4 is 10.9 Å². The fourth-order valence-corrected chi connectivity index (χ4v) is 5.17. The van der Waals surface area contributed by atoms with Crippen molar-refractivity contribution in [3.05, 3.63) is 73.9 Å². The van der Waals surface area contributed by atoms with Gasteiger partial charge in [0.05, 0.1) is 11.7 Å². The van der Waals surface area contributed by atoms with Gasteiger partial charge in [-0.2, -0.15) is 0 Å². The molecule has 0 aliphatic rings. The molecule has 0 radical (unpaired) electrons. The minimum absolute atomic E-state index is 0.0595. The van der Waals surface area contributed by atoms with E-state index in [-0.39, 0.29) is 18.0 Å². The SMILES string of the molecule is Cc1ccc(-c2csc3ncn(CC(=O)NCCc4cccc(Cl)c4)c(=O)c23)s1. The van der Waals surface area contributed by atoms with Crippen LogP contribution >= 0.6 is 34.3 Å². The van der Waals surface area contributed by atoms with Crippen LogP contribution in [0.2, 0.25) is 5.02 Å². The van der Waals surface area contributed by atoms with Crippen molar-refractivity contribution in [3.63, 3.8) is 0 Å². The normalized spacial score (nSPS) is 11.1. The third-order valence-electron chi connectivity index (χ3n) is 4.51. The van der Waals surface area contributed by atoms with Crippen molar-refractivity contribution >= 4 is 50.4 Å². The number of nitrogens with zero attached hydrogens (tertiary/aromatic N) is 2. The molecule has 0 saturated heterocycles. The minimum atomic E-state index is -0.223. The van der Waals surface area contributed by atoms with E-state index in [9.17, 15) is 9.59 Å². The molecule has 8 heteroatoms. The lowest BCUT2D eigenvalue weighted by atomic mass is 10.1. The van der Waals surface area contributed by atoms with Crippen LogP contribution in [0.1, 0.15) is 10.4 Å². The van der Waals surface area contributed by atoms with Crippen LogP contribution in [0.4, 0.5) is 0 Å². The molecule has 148 valence electrons. The first-order chi connectivity index (χ1) is 14.0. The van der Waals surface area contributed by atoms with Gasteiger partial charge in [-0.05, 0) is 43.2 Å². The van der Waals surface area contributed by atoms with Crippen molar-refractivity contribution < 1.29 is 4.79 Å². The fraction of sp³-hybridized carbons (Fsp3) is 0.190. The molecular formula is C21H18ClN3O2S2. The summed E-state index contributed by atoms with van der Waals surface area (Å²) in [7, 11) is 0. The number of aromatic nitrogens is 2. The molecule has 0 fully saturated rings. The van der Waals surface area contributed by atoms with E-state index in [0.717, 1.165) is 16.0 Å². The number of thiophene rings is 2. The summed E-state index contributed by atoms with van der Waals surface area (Å²) in [6, 6.07) is 11.6. The molecule has 3 aromatic heterocycles. The lowest BCUT2D eigenvalue weighted by Gasteiger charge is -2.08. The zero-order valence-corrected chi connectivity index (χ0v) is 18.0. The van der Waals surface area contributed by atoms with E-state index in [4.69, 9.17) is 11.6 Å². The van der Waals surface area contributed by atoms with Gasteiger partial charge in [0.15, 0.2) is 0 Å². The maximum Gasteiger partial charge on any atom is 0.263 e. The van der Waals surface area contributed by atoms with Crippen LogP contribution in [0.25, 0.3) is 20.7 Å². The summed E-state index contributed by atoms with van der Waals surface area (Å²) in [4.78, 5) is 32.6. The zero-order chi connectivity index (χ0) is 20.4. The maximum atomic E-state index is 13.0. The van der Waals surface area contributed by atoms with E-state index in [1.165, 1.54) is 27.1 Å². The first kappa shape index (κ1) is 19.8. The number of aryl methyl sites for hydroxylation is 1. The zero-order valence-electron chi connectivity index (χ0n) is 15.6. The highest BCUT2D eigenvalue weighted by Gasteiger charge is 2.15. The first-order valence-electron chi connectivity index (χ1n) is 9.06. The molecule has 5 nitrogen and oxygen atoms in total. The van der Waals surface area contributed by atoms with Gasteiger partial charge in [0.25, 0.3) is 5.56 Å². The van der Waals surface area contributed by atoms with Crippen molar-refractivity contribution in [2.45, 2.75) is 19.9 Å². The van der Waals surface area contributed by atoms with Crippen molar-refractivity contribution in [2.75, 3.05) is 6.54 Å². The Labute approximate surface area is 180 Å². The number of rotatable bonds is 6. The van der Waals surface area contributed by atoms with Gasteiger partial charge in [0.2, 0.25) is 5.91 Å². The second-order valence-electron chi connectivity index (χ2n) is 6.65. The molecule has 1 N–H and O–H groups in total. The quantitative estimate of drug-likeness (QED) is 0.477. The smallest absolute Gasteiger partial charge is 0.263 e. The second-order valence-corrected chi connectivity index (χ2v) is 9.23. The Hall–Kier alpha value is -2.48. The topological polar surface area (TPSA) is 64.0 Å². The van der Waals surface area contributed by atoms with Gasteiger partial charge < -0.3 is 5.32 Å². The molecule has 4 aromatic rings. The van der Waals surface area contributed by atoms with E-state index in [1.54, 1.807) is 11.3 Å². The number of carbonyl (C=O) groups is 1. The molecule has 0 atom stereocenters. The van der Waals surface area contributed by atoms with Crippen molar-refractivity contribution in [2.24, 2.45) is 0 Å². The predicted octanol–water partition coefficient (Wildman–Crippen LogP) is 4.51. The highest BCUT2D eigenvalue weighted by atomic mass is 35.5. The largest absolute Gasteiger partial charge is 0.354 e. The van der Waals surface area contributed by atoms with E-state index >= 15 is 0 Å². The average Bonchev–Trinajstić information content (AvgIpc) is 3.30. The van der Waals surface area contributed by atoms with Gasteiger partial charge in [-0.1, -0.05) is 23.7 Å². The Balaban J connectivity index is 1.48. The third kappa shape index (κ3) is 4.42. The number of carbonyl (C=O) groups excluding carboxylic acids is 1. The lowest BCUT2D eigenvalue weighted by Crippen LogP contribution is -2.33. The van der Waals surface area contributed by atoms with Crippen LogP contribution in [-0.2, 0) is 17.8 Å². The molecule has 0 saturated carbocycles. The van der Waals surface area contributed by atoms with Crippen molar-refractivity contribution in [3.8, 4) is 10.4 Å². The molecular weight excluding hydrogens is 426 g/mol. The Bertz CT molecular complexity index is 1240. The van der Waals surface area contributed by atoms with E-state index in [0.29, 0.717) is 28.2 Å². The summed E-state index contributed by atoms with van der Waals surface area (Å²) in [5.74, 6) is -0.223. The van der Waals surface area contributed by atoms with Crippen LogP contribution in [0, 0.1) is 6.92 Å². The van der Waals surface area contributed by atoms with Crippen LogP contribution in [0.5, 0.6) is 0 Å². The monoisotopic (exact) mass is 443 g/mol. The number of amides is 1. The van der Waals surface area contributed by atoms with Gasteiger partial charge in [-0.3, -0.25) is 14.2 Å². The summed E-state index contributed by atoms with van der Waals surface area (Å²) < 4.78 is 1.37. The molecule has 0 spiro atoms. The maximum absolute atomic E-state index is 13.0. The van der Waals surface area contributed by atoms with Crippen LogP contribution in [0.15, 0.2) is 52.9 Å². The number of hydrogen-bond donors (Lipinski definition) is 1. The molecule has 1 aromatic carbocycles. The Morgan fingerprint density at radius 2 is 2.14 bits per heavy atom. The number of halogens is 1. The lowest BCUT2D eigenvalue weighted by molar-refractivity contribution is -0.121. The van der Waals surface area contributed by atoms with Gasteiger partial charge in [-0.25, -0.2) is 4.98 Å². The molecule has 0 bridgehead atoms. The highest BCUT2D eigenvalue weighted by molar-refractivity contribution is 7.19. The molecule has 0 aliphatic heterocycles. The van der Waals surface area contributed by atoms with Crippen molar-refractivity contribution in [1.82, 2.24) is 14.9 Å². The van der Waals surface area contributed by atoms with Crippen LogP contribution in [0.3, 0.4) is 0 Å². The number of benzene rings is 1. The standard InChI is InChI=1S/C21H18ClN3O2S2/c1-13-5-6-17(29-13)16-11-28-20-19(16)21(27)25(12-24-20)10-18(26)23-8-7-14-3-2-4-15(22)9-14/h2-6,9,11-12H,7-8,10H2,1H3,(H,23,26). The fourth-order valence-electron chi connectivity index (χ4n) is 3.09. The molecule has 29 heavy (non-hydrogen) atoms. The molecule has 1 amide bonds. The molecule has 4 rings (SSSR count). The summed E-state index contributed by atoms with van der Waals surface area (Å²) in [6.07, 6.45) is 2.12. The number of hydrogen-bond acceptors (Lipinski definition) is 5. The van der Waals surface area contributed by atoms with Crippen molar-refractivity contribution in [1.29, 1.82) is 0 Å². The number of fused-ring (bicyclic) bond motifs is 1. The van der Waals surface area contributed by atoms with E-state index in [2.05, 4.69) is 10.3 Å². The van der Waals surface area contributed by atoms with Gasteiger partial charge in [0, 0.05) is 32.3 Å².